The molecule has 0 radical (unpaired) electrons. The number of alkyl halides is 3. The summed E-state index contributed by atoms with van der Waals surface area (Å²) >= 11 is 7.83. The lowest BCUT2D eigenvalue weighted by Crippen LogP contribution is -2.27. The molecule has 0 spiro atoms. The van der Waals surface area contributed by atoms with Crippen molar-refractivity contribution in [2.75, 3.05) is 18.4 Å². The number of aryl methyl sites for hydroxylation is 2. The maximum absolute atomic E-state index is 13.3. The van der Waals surface area contributed by atoms with Crippen molar-refractivity contribution in [2.24, 2.45) is 10.7 Å². The summed E-state index contributed by atoms with van der Waals surface area (Å²) < 4.78 is 40.8. The van der Waals surface area contributed by atoms with Gasteiger partial charge in [0.15, 0.2) is 5.82 Å². The molecule has 0 fully saturated rings. The second kappa shape index (κ2) is 16.9. The summed E-state index contributed by atoms with van der Waals surface area (Å²) in [6.45, 7) is 6.28. The number of carbonyl (C=O) groups is 2. The van der Waals surface area contributed by atoms with Crippen LogP contribution in [0.4, 0.5) is 18.9 Å². The number of nitrogens with two attached hydrogens (primary N) is 1. The summed E-state index contributed by atoms with van der Waals surface area (Å²) in [6.07, 6.45) is -2.06. The molecule has 1 atom stereocenters. The number of aromatic nitrogens is 5. The Morgan fingerprint density at radius 2 is 1.74 bits per heavy atom. The number of amides is 2. The highest BCUT2D eigenvalue weighted by Gasteiger charge is 2.35. The third-order valence-electron chi connectivity index (χ3n) is 8.48. The van der Waals surface area contributed by atoms with Gasteiger partial charge in [-0.25, -0.2) is 9.97 Å². The monoisotopic (exact) mass is 795 g/mol. The van der Waals surface area contributed by atoms with Crippen molar-refractivity contribution in [3.63, 3.8) is 0 Å². The first kappa shape index (κ1) is 40.1. The summed E-state index contributed by atoms with van der Waals surface area (Å²) in [7, 11) is 0. The van der Waals surface area contributed by atoms with E-state index in [0.717, 1.165) is 44.7 Å². The fourth-order valence-corrected chi connectivity index (χ4v) is 7.16. The lowest BCUT2D eigenvalue weighted by molar-refractivity contribution is -0.145. The van der Waals surface area contributed by atoms with Crippen LogP contribution in [0, 0.1) is 32.6 Å². The van der Waals surface area contributed by atoms with Crippen molar-refractivity contribution < 1.29 is 22.8 Å². The maximum Gasteiger partial charge on any atom is 0.451 e. The van der Waals surface area contributed by atoms with Gasteiger partial charge in [-0.3, -0.25) is 19.1 Å². The van der Waals surface area contributed by atoms with Gasteiger partial charge < -0.3 is 16.4 Å². The van der Waals surface area contributed by atoms with E-state index in [2.05, 4.69) is 56.5 Å². The number of nitrogens with zero attached hydrogens (tertiary/aromatic N) is 6. The zero-order valence-corrected chi connectivity index (χ0v) is 31.6. The molecule has 1 aliphatic rings. The van der Waals surface area contributed by atoms with E-state index in [1.165, 1.54) is 0 Å². The standard InChI is InChI=1S/C37H33ClF3N9O2S.ClH/c1-20-21(2)53-35-32(20)33(23-8-10-26(38)11-9-23)47-29(34-49-48-22(3)50(34)35)17-31(52)43-15-5-7-30(51)46-27-12-13-28(24(16-27)6-4-14-42)25-18-44-36(45-19-25)37(39,40)41;/h8-13,16,18-19,29H,5,7,14-15,17,42H2,1-3H3,(H,43,52)(H,46,51);1H. The summed E-state index contributed by atoms with van der Waals surface area (Å²) in [5, 5.41) is 16.0. The molecular weight excluding hydrogens is 762 g/mol. The number of carbonyl (C=O) groups excluding carboxylic acids is 2. The number of fused-ring (bicyclic) bond motifs is 3. The molecule has 17 heteroatoms. The Kier molecular flexibility index (Phi) is 12.5. The number of benzene rings is 2. The smallest absolute Gasteiger partial charge is 0.356 e. The zero-order valence-electron chi connectivity index (χ0n) is 29.2. The predicted molar refractivity (Wildman–Crippen MR) is 204 cm³/mol. The Hall–Kier alpha value is -5.14. The molecule has 54 heavy (non-hydrogen) atoms. The predicted octanol–water partition coefficient (Wildman–Crippen LogP) is 6.93. The second-order valence-electron chi connectivity index (χ2n) is 12.2. The van der Waals surface area contributed by atoms with Crippen LogP contribution in [0.25, 0.3) is 16.1 Å². The first-order valence-corrected chi connectivity index (χ1v) is 17.7. The van der Waals surface area contributed by atoms with Gasteiger partial charge in [-0.05, 0) is 57.0 Å². The van der Waals surface area contributed by atoms with Gasteiger partial charge in [0.25, 0.3) is 0 Å². The number of nitrogens with one attached hydrogen (secondary N) is 2. The van der Waals surface area contributed by atoms with Gasteiger partial charge >= 0.3 is 6.18 Å². The highest BCUT2D eigenvalue weighted by Crippen LogP contribution is 2.39. The van der Waals surface area contributed by atoms with Crippen molar-refractivity contribution in [2.45, 2.75) is 52.3 Å². The molecule has 0 bridgehead atoms. The van der Waals surface area contributed by atoms with Gasteiger partial charge in [0.1, 0.15) is 16.9 Å². The van der Waals surface area contributed by atoms with Crippen LogP contribution in [0.2, 0.25) is 5.02 Å². The van der Waals surface area contributed by atoms with Crippen LogP contribution in [0.5, 0.6) is 0 Å². The van der Waals surface area contributed by atoms with E-state index in [9.17, 15) is 22.8 Å². The largest absolute Gasteiger partial charge is 0.451 e. The summed E-state index contributed by atoms with van der Waals surface area (Å²) in [5.41, 5.74) is 10.9. The molecule has 1 unspecified atom stereocenters. The lowest BCUT2D eigenvalue weighted by Gasteiger charge is -2.13. The van der Waals surface area contributed by atoms with E-state index >= 15 is 0 Å². The molecule has 1 aliphatic heterocycles. The van der Waals surface area contributed by atoms with Crippen molar-refractivity contribution in [1.82, 2.24) is 30.0 Å². The number of thiophene rings is 1. The molecule has 2 aromatic carbocycles. The van der Waals surface area contributed by atoms with Gasteiger partial charge in [0.2, 0.25) is 17.6 Å². The molecule has 0 saturated heterocycles. The molecule has 0 aliphatic carbocycles. The van der Waals surface area contributed by atoms with Gasteiger partial charge in [-0.15, -0.1) is 33.9 Å². The molecule has 280 valence electrons. The minimum Gasteiger partial charge on any atom is -0.356 e. The number of hydrogen-bond donors (Lipinski definition) is 3. The summed E-state index contributed by atoms with van der Waals surface area (Å²) in [4.78, 5) is 39.2. The van der Waals surface area contributed by atoms with Crippen molar-refractivity contribution in [3.8, 4) is 28.0 Å². The van der Waals surface area contributed by atoms with Gasteiger partial charge in [-0.2, -0.15) is 13.2 Å². The Morgan fingerprint density at radius 3 is 2.43 bits per heavy atom. The van der Waals surface area contributed by atoms with E-state index in [0.29, 0.717) is 45.5 Å². The van der Waals surface area contributed by atoms with Crippen LogP contribution < -0.4 is 16.4 Å². The summed E-state index contributed by atoms with van der Waals surface area (Å²) in [5.74, 6) is 5.06. The van der Waals surface area contributed by atoms with Gasteiger partial charge in [-0.1, -0.05) is 41.6 Å². The van der Waals surface area contributed by atoms with E-state index in [4.69, 9.17) is 22.3 Å². The second-order valence-corrected chi connectivity index (χ2v) is 13.8. The third kappa shape index (κ3) is 8.79. The molecule has 6 rings (SSSR count). The molecule has 4 N–H and O–H groups in total. The first-order valence-electron chi connectivity index (χ1n) is 16.5. The van der Waals surface area contributed by atoms with E-state index in [1.807, 2.05) is 35.8 Å². The lowest BCUT2D eigenvalue weighted by atomic mass is 9.99. The molecule has 2 amide bonds. The maximum atomic E-state index is 13.3. The van der Waals surface area contributed by atoms with Crippen LogP contribution in [0.15, 0.2) is 59.9 Å². The Labute approximate surface area is 324 Å². The molecule has 3 aromatic heterocycles. The van der Waals surface area contributed by atoms with E-state index < -0.39 is 18.0 Å². The average molecular weight is 797 g/mol. The zero-order chi connectivity index (χ0) is 37.9. The normalized spacial score (nSPS) is 13.3. The summed E-state index contributed by atoms with van der Waals surface area (Å²) in [6, 6.07) is 11.6. The Morgan fingerprint density at radius 1 is 1.02 bits per heavy atom. The third-order valence-corrected chi connectivity index (χ3v) is 9.93. The fraction of sp³-hybridized carbons (Fsp3) is 0.270. The van der Waals surface area contributed by atoms with Crippen LogP contribution >= 0.6 is 35.3 Å². The molecular formula is C37H34Cl2F3N9O2S. The first-order chi connectivity index (χ1) is 25.3. The van der Waals surface area contributed by atoms with Gasteiger partial charge in [0, 0.05) is 68.8 Å². The van der Waals surface area contributed by atoms with E-state index in [1.54, 1.807) is 29.5 Å². The van der Waals surface area contributed by atoms with Crippen molar-refractivity contribution in [3.05, 3.63) is 104 Å². The number of hydrogen-bond acceptors (Lipinski definition) is 9. The van der Waals surface area contributed by atoms with Gasteiger partial charge in [0.05, 0.1) is 18.7 Å². The number of aliphatic imine (C=N–C) groups is 1. The SMILES string of the molecule is Cc1sc2c(c1C)C(c1ccc(Cl)cc1)=NC(CC(=O)NCCCC(=O)Nc1ccc(-c3cnc(C(F)(F)F)nc3)c(C#CCN)c1)c1nnc(C)n1-2.Cl. The topological polar surface area (TPSA) is 153 Å². The molecule has 4 heterocycles. The van der Waals surface area contributed by atoms with Crippen molar-refractivity contribution >= 4 is 58.6 Å². The number of rotatable bonds is 9. The van der Waals surface area contributed by atoms with Crippen LogP contribution in [-0.2, 0) is 15.8 Å². The van der Waals surface area contributed by atoms with E-state index in [-0.39, 0.29) is 50.2 Å². The van der Waals surface area contributed by atoms with Crippen LogP contribution in [0.3, 0.4) is 0 Å². The minimum atomic E-state index is -4.67. The Bertz CT molecular complexity index is 2280. The molecule has 5 aromatic rings. The molecule has 0 saturated carbocycles. The highest BCUT2D eigenvalue weighted by atomic mass is 35.5. The quantitative estimate of drug-likeness (QED) is 0.108. The minimum absolute atomic E-state index is 0. The fourth-order valence-electron chi connectivity index (χ4n) is 5.82. The van der Waals surface area contributed by atoms with Crippen LogP contribution in [0.1, 0.15) is 69.9 Å². The average Bonchev–Trinajstić information content (AvgIpc) is 3.61. The Balaban J connectivity index is 0.00000561. The number of anilines is 1. The highest BCUT2D eigenvalue weighted by molar-refractivity contribution is 7.15. The number of halogens is 5. The molecule has 11 nitrogen and oxygen atoms in total. The van der Waals surface area contributed by atoms with Crippen molar-refractivity contribution in [1.29, 1.82) is 0 Å². The van der Waals surface area contributed by atoms with Crippen LogP contribution in [-0.4, -0.2) is 55.3 Å².